The molecule has 0 saturated heterocycles. The first kappa shape index (κ1) is 15.9. The van der Waals surface area contributed by atoms with E-state index in [0.717, 1.165) is 41.5 Å². The molecule has 0 spiro atoms. The number of halogens is 3. The van der Waals surface area contributed by atoms with Crippen LogP contribution in [0.15, 0.2) is 36.4 Å². The van der Waals surface area contributed by atoms with Gasteiger partial charge in [-0.1, -0.05) is 31.6 Å². The Kier molecular flexibility index (Phi) is 4.56. The zero-order valence-electron chi connectivity index (χ0n) is 13.1. The maximum absolute atomic E-state index is 14.4. The van der Waals surface area contributed by atoms with E-state index >= 15 is 0 Å². The van der Waals surface area contributed by atoms with Crippen LogP contribution in [0.25, 0.3) is 5.57 Å². The Morgan fingerprint density at radius 1 is 0.913 bits per heavy atom. The molecule has 0 aliphatic heterocycles. The molecule has 2 aromatic carbocycles. The lowest BCUT2D eigenvalue weighted by Crippen LogP contribution is -2.06. The van der Waals surface area contributed by atoms with Gasteiger partial charge in [0.25, 0.3) is 0 Å². The molecule has 0 nitrogen and oxygen atoms in total. The molecule has 0 bridgehead atoms. The fourth-order valence-corrected chi connectivity index (χ4v) is 3.05. The SMILES string of the molecule is CCCCc1ccc(C2=CCc3cc(F)c(F)cc3C2)c(F)c1. The van der Waals surface area contributed by atoms with Gasteiger partial charge in [0.2, 0.25) is 0 Å². The van der Waals surface area contributed by atoms with Crippen LogP contribution >= 0.6 is 0 Å². The van der Waals surface area contributed by atoms with E-state index < -0.39 is 11.6 Å². The molecule has 2 aromatic rings. The monoisotopic (exact) mass is 316 g/mol. The molecular formula is C20H19F3. The van der Waals surface area contributed by atoms with Gasteiger partial charge < -0.3 is 0 Å². The summed E-state index contributed by atoms with van der Waals surface area (Å²) in [6.07, 6.45) is 5.83. The predicted molar refractivity (Wildman–Crippen MR) is 86.8 cm³/mol. The summed E-state index contributed by atoms with van der Waals surface area (Å²) in [5, 5.41) is 0. The molecule has 23 heavy (non-hydrogen) atoms. The second kappa shape index (κ2) is 6.61. The highest BCUT2D eigenvalue weighted by Gasteiger charge is 2.18. The normalized spacial score (nSPS) is 13.7. The van der Waals surface area contributed by atoms with Crippen molar-refractivity contribution < 1.29 is 13.2 Å². The van der Waals surface area contributed by atoms with Crippen LogP contribution < -0.4 is 0 Å². The molecule has 0 N–H and O–H groups in total. The Bertz CT molecular complexity index is 760. The van der Waals surface area contributed by atoms with E-state index in [2.05, 4.69) is 6.92 Å². The second-order valence-corrected chi connectivity index (χ2v) is 6.06. The number of benzene rings is 2. The highest BCUT2D eigenvalue weighted by Crippen LogP contribution is 2.30. The maximum atomic E-state index is 14.4. The van der Waals surface area contributed by atoms with Crippen LogP contribution in [0.2, 0.25) is 0 Å². The van der Waals surface area contributed by atoms with Gasteiger partial charge in [0.15, 0.2) is 11.6 Å². The van der Waals surface area contributed by atoms with E-state index in [-0.39, 0.29) is 5.82 Å². The molecule has 3 rings (SSSR count). The third kappa shape index (κ3) is 3.34. The van der Waals surface area contributed by atoms with Crippen molar-refractivity contribution in [3.8, 4) is 0 Å². The predicted octanol–water partition coefficient (Wildman–Crippen LogP) is 5.63. The molecule has 1 aliphatic carbocycles. The summed E-state index contributed by atoms with van der Waals surface area (Å²) in [5.74, 6) is -1.91. The quantitative estimate of drug-likeness (QED) is 0.686. The Morgan fingerprint density at radius 3 is 2.35 bits per heavy atom. The molecule has 1 aliphatic rings. The van der Waals surface area contributed by atoms with E-state index in [0.29, 0.717) is 18.4 Å². The summed E-state index contributed by atoms with van der Waals surface area (Å²) < 4.78 is 41.1. The minimum atomic E-state index is -0.847. The van der Waals surface area contributed by atoms with Gasteiger partial charge in [0.1, 0.15) is 5.82 Å². The number of hydrogen-bond donors (Lipinski definition) is 0. The van der Waals surface area contributed by atoms with Gasteiger partial charge >= 0.3 is 0 Å². The van der Waals surface area contributed by atoms with Gasteiger partial charge in [-0.25, -0.2) is 13.2 Å². The Morgan fingerprint density at radius 2 is 1.65 bits per heavy atom. The topological polar surface area (TPSA) is 0 Å². The Labute approximate surface area is 134 Å². The summed E-state index contributed by atoms with van der Waals surface area (Å²) in [7, 11) is 0. The van der Waals surface area contributed by atoms with Crippen molar-refractivity contribution in [2.75, 3.05) is 0 Å². The number of rotatable bonds is 4. The maximum Gasteiger partial charge on any atom is 0.159 e. The molecule has 0 heterocycles. The summed E-state index contributed by atoms with van der Waals surface area (Å²) in [5.41, 5.74) is 3.89. The van der Waals surface area contributed by atoms with E-state index in [9.17, 15) is 13.2 Å². The third-order valence-electron chi connectivity index (χ3n) is 4.39. The molecule has 0 saturated carbocycles. The number of allylic oxidation sites excluding steroid dienone is 2. The first-order valence-corrected chi connectivity index (χ1v) is 8.03. The first-order chi connectivity index (χ1) is 11.1. The number of unbranched alkanes of at least 4 members (excludes halogenated alkanes) is 1. The van der Waals surface area contributed by atoms with Crippen molar-refractivity contribution in [3.63, 3.8) is 0 Å². The standard InChI is InChI=1S/C20H19F3/c1-2-3-4-13-5-8-17(18(21)9-13)15-7-6-14-11-19(22)20(23)12-16(14)10-15/h5,7-9,11-12H,2-4,6,10H2,1H3. The van der Waals surface area contributed by atoms with Crippen molar-refractivity contribution >= 4 is 5.57 Å². The minimum absolute atomic E-state index is 0.240. The van der Waals surface area contributed by atoms with Crippen molar-refractivity contribution in [2.45, 2.75) is 39.0 Å². The summed E-state index contributed by atoms with van der Waals surface area (Å²) in [4.78, 5) is 0. The molecule has 0 atom stereocenters. The van der Waals surface area contributed by atoms with Crippen LogP contribution in [0.1, 0.15) is 42.0 Å². The van der Waals surface area contributed by atoms with Crippen LogP contribution in [0, 0.1) is 17.5 Å². The van der Waals surface area contributed by atoms with E-state index in [1.165, 1.54) is 12.1 Å². The van der Waals surface area contributed by atoms with Gasteiger partial charge in [0, 0.05) is 5.56 Å². The fraction of sp³-hybridized carbons (Fsp3) is 0.300. The fourth-order valence-electron chi connectivity index (χ4n) is 3.05. The Balaban J connectivity index is 1.86. The van der Waals surface area contributed by atoms with Gasteiger partial charge in [-0.05, 0) is 66.1 Å². The summed E-state index contributed by atoms with van der Waals surface area (Å²) in [6.45, 7) is 2.11. The van der Waals surface area contributed by atoms with Gasteiger partial charge in [-0.3, -0.25) is 0 Å². The van der Waals surface area contributed by atoms with Gasteiger partial charge in [0.05, 0.1) is 0 Å². The van der Waals surface area contributed by atoms with E-state index in [1.807, 2.05) is 12.1 Å². The van der Waals surface area contributed by atoms with Crippen LogP contribution in [0.4, 0.5) is 13.2 Å². The molecule has 0 aromatic heterocycles. The average molecular weight is 316 g/mol. The molecular weight excluding hydrogens is 297 g/mol. The van der Waals surface area contributed by atoms with Crippen LogP contribution in [0.3, 0.4) is 0 Å². The third-order valence-corrected chi connectivity index (χ3v) is 4.39. The highest BCUT2D eigenvalue weighted by atomic mass is 19.2. The molecule has 0 fully saturated rings. The molecule has 0 radical (unpaired) electrons. The Hall–Kier alpha value is -2.03. The van der Waals surface area contributed by atoms with Gasteiger partial charge in [-0.2, -0.15) is 0 Å². The van der Waals surface area contributed by atoms with Crippen molar-refractivity contribution in [2.24, 2.45) is 0 Å². The lowest BCUT2D eigenvalue weighted by atomic mass is 9.87. The molecule has 3 heteroatoms. The number of fused-ring (bicyclic) bond motifs is 1. The van der Waals surface area contributed by atoms with Crippen LogP contribution in [-0.2, 0) is 19.3 Å². The lowest BCUT2D eigenvalue weighted by Gasteiger charge is -2.18. The van der Waals surface area contributed by atoms with Crippen LogP contribution in [-0.4, -0.2) is 0 Å². The smallest absolute Gasteiger partial charge is 0.159 e. The highest BCUT2D eigenvalue weighted by molar-refractivity contribution is 5.71. The molecule has 0 unspecified atom stereocenters. The zero-order valence-corrected chi connectivity index (χ0v) is 13.1. The lowest BCUT2D eigenvalue weighted by molar-refractivity contribution is 0.506. The van der Waals surface area contributed by atoms with E-state index in [4.69, 9.17) is 0 Å². The molecule has 0 amide bonds. The first-order valence-electron chi connectivity index (χ1n) is 8.03. The van der Waals surface area contributed by atoms with Crippen molar-refractivity contribution in [1.82, 2.24) is 0 Å². The second-order valence-electron chi connectivity index (χ2n) is 6.06. The van der Waals surface area contributed by atoms with Crippen LogP contribution in [0.5, 0.6) is 0 Å². The minimum Gasteiger partial charge on any atom is -0.206 e. The van der Waals surface area contributed by atoms with E-state index in [1.54, 1.807) is 12.1 Å². The number of hydrogen-bond acceptors (Lipinski definition) is 0. The van der Waals surface area contributed by atoms with Crippen molar-refractivity contribution in [3.05, 3.63) is 76.1 Å². The summed E-state index contributed by atoms with van der Waals surface area (Å²) in [6, 6.07) is 7.81. The summed E-state index contributed by atoms with van der Waals surface area (Å²) >= 11 is 0. The zero-order chi connectivity index (χ0) is 16.4. The largest absolute Gasteiger partial charge is 0.206 e. The van der Waals surface area contributed by atoms with Gasteiger partial charge in [-0.15, -0.1) is 0 Å². The van der Waals surface area contributed by atoms with Crippen molar-refractivity contribution in [1.29, 1.82) is 0 Å². The average Bonchev–Trinajstić information content (AvgIpc) is 2.54. The molecule has 120 valence electrons. The number of aryl methyl sites for hydroxylation is 1.